The monoisotopic (exact) mass is 531 g/mol. The minimum atomic E-state index is -1.04. The lowest BCUT2D eigenvalue weighted by Crippen LogP contribution is -2.56. The molecule has 2 aromatic rings. The number of piperidine rings is 1. The van der Waals surface area contributed by atoms with Crippen LogP contribution in [-0.2, 0) is 21.5 Å². The SMILES string of the molecule is CCOC(=O)N1CCC(NC[C@@H](O)[C@H](Cc2cc(F)cc(F)c2)NC(C)=O)(c2cccc(C(C)C)c2)CC1. The first-order chi connectivity index (χ1) is 18.0. The second kappa shape index (κ2) is 13.2. The maximum atomic E-state index is 13.8. The van der Waals surface area contributed by atoms with E-state index in [0.717, 1.165) is 11.6 Å². The molecule has 0 aromatic heterocycles. The third kappa shape index (κ3) is 7.74. The van der Waals surface area contributed by atoms with Gasteiger partial charge in [-0.3, -0.25) is 4.79 Å². The molecule has 0 saturated carbocycles. The van der Waals surface area contributed by atoms with Crippen molar-refractivity contribution in [1.29, 1.82) is 0 Å². The average Bonchev–Trinajstić information content (AvgIpc) is 2.86. The van der Waals surface area contributed by atoms with E-state index in [-0.39, 0.29) is 25.0 Å². The van der Waals surface area contributed by atoms with E-state index < -0.39 is 29.3 Å². The summed E-state index contributed by atoms with van der Waals surface area (Å²) in [7, 11) is 0. The first-order valence-corrected chi connectivity index (χ1v) is 13.2. The molecule has 0 aliphatic carbocycles. The second-order valence-electron chi connectivity index (χ2n) is 10.3. The number of ether oxygens (including phenoxy) is 1. The zero-order chi connectivity index (χ0) is 27.9. The van der Waals surface area contributed by atoms with Crippen molar-refractivity contribution in [2.75, 3.05) is 26.2 Å². The van der Waals surface area contributed by atoms with Gasteiger partial charge in [0.15, 0.2) is 0 Å². The molecule has 9 heteroatoms. The van der Waals surface area contributed by atoms with E-state index in [1.165, 1.54) is 24.6 Å². The zero-order valence-corrected chi connectivity index (χ0v) is 22.6. The number of aliphatic hydroxyl groups excluding tert-OH is 1. The van der Waals surface area contributed by atoms with Crippen LogP contribution in [0.3, 0.4) is 0 Å². The fourth-order valence-electron chi connectivity index (χ4n) is 5.02. The summed E-state index contributed by atoms with van der Waals surface area (Å²) in [6.07, 6.45) is -0.132. The smallest absolute Gasteiger partial charge is 0.409 e. The zero-order valence-electron chi connectivity index (χ0n) is 22.6. The van der Waals surface area contributed by atoms with E-state index in [0.29, 0.717) is 44.0 Å². The highest BCUT2D eigenvalue weighted by Gasteiger charge is 2.38. The molecule has 3 N–H and O–H groups in total. The highest BCUT2D eigenvalue weighted by molar-refractivity contribution is 5.73. The third-order valence-corrected chi connectivity index (χ3v) is 7.13. The van der Waals surface area contributed by atoms with Crippen molar-refractivity contribution in [3.05, 3.63) is 70.8 Å². The van der Waals surface area contributed by atoms with E-state index >= 15 is 0 Å². The maximum absolute atomic E-state index is 13.8. The number of halogens is 2. The van der Waals surface area contributed by atoms with Gasteiger partial charge in [-0.15, -0.1) is 0 Å². The molecule has 7 nitrogen and oxygen atoms in total. The Kier molecular flexibility index (Phi) is 10.2. The van der Waals surface area contributed by atoms with Gasteiger partial charge in [-0.25, -0.2) is 13.6 Å². The molecule has 208 valence electrons. The van der Waals surface area contributed by atoms with E-state index in [1.807, 2.05) is 12.1 Å². The summed E-state index contributed by atoms with van der Waals surface area (Å²) in [5, 5.41) is 17.4. The number of hydrogen-bond donors (Lipinski definition) is 3. The summed E-state index contributed by atoms with van der Waals surface area (Å²) >= 11 is 0. The highest BCUT2D eigenvalue weighted by Crippen LogP contribution is 2.35. The topological polar surface area (TPSA) is 90.9 Å². The summed E-state index contributed by atoms with van der Waals surface area (Å²) in [4.78, 5) is 25.9. The van der Waals surface area contributed by atoms with E-state index in [9.17, 15) is 23.5 Å². The lowest BCUT2D eigenvalue weighted by Gasteiger charge is -2.43. The van der Waals surface area contributed by atoms with Crippen LogP contribution in [0.15, 0.2) is 42.5 Å². The van der Waals surface area contributed by atoms with E-state index in [4.69, 9.17) is 4.74 Å². The summed E-state index contributed by atoms with van der Waals surface area (Å²) in [5.74, 6) is -1.46. The second-order valence-corrected chi connectivity index (χ2v) is 10.3. The van der Waals surface area contributed by atoms with Gasteiger partial charge in [-0.1, -0.05) is 38.1 Å². The normalized spacial score (nSPS) is 16.7. The van der Waals surface area contributed by atoms with Gasteiger partial charge in [0.25, 0.3) is 0 Å². The molecular formula is C29H39F2N3O4. The van der Waals surface area contributed by atoms with Gasteiger partial charge in [0.2, 0.25) is 5.91 Å². The number of rotatable bonds is 10. The van der Waals surface area contributed by atoms with Crippen LogP contribution >= 0.6 is 0 Å². The molecule has 1 saturated heterocycles. The van der Waals surface area contributed by atoms with E-state index in [1.54, 1.807) is 11.8 Å². The first kappa shape index (κ1) is 29.5. The van der Waals surface area contributed by atoms with Crippen molar-refractivity contribution in [2.24, 2.45) is 0 Å². The van der Waals surface area contributed by atoms with Gasteiger partial charge < -0.3 is 25.4 Å². The molecule has 0 unspecified atom stereocenters. The lowest BCUT2D eigenvalue weighted by molar-refractivity contribution is -0.120. The predicted octanol–water partition coefficient (Wildman–Crippen LogP) is 4.23. The van der Waals surface area contributed by atoms with Crippen LogP contribution in [0.5, 0.6) is 0 Å². The van der Waals surface area contributed by atoms with Gasteiger partial charge in [0.1, 0.15) is 11.6 Å². The average molecular weight is 532 g/mol. The number of amides is 2. The summed E-state index contributed by atoms with van der Waals surface area (Å²) < 4.78 is 32.7. The fourth-order valence-corrected chi connectivity index (χ4v) is 5.02. The minimum absolute atomic E-state index is 0.0591. The van der Waals surface area contributed by atoms with Crippen LogP contribution < -0.4 is 10.6 Å². The first-order valence-electron chi connectivity index (χ1n) is 13.2. The quantitative estimate of drug-likeness (QED) is 0.427. The molecule has 38 heavy (non-hydrogen) atoms. The number of likely N-dealkylation sites (tertiary alicyclic amines) is 1. The molecule has 1 aliphatic heterocycles. The number of nitrogens with zero attached hydrogens (tertiary/aromatic N) is 1. The largest absolute Gasteiger partial charge is 0.450 e. The number of carbonyl (C=O) groups is 2. The Morgan fingerprint density at radius 1 is 1.11 bits per heavy atom. The molecule has 0 spiro atoms. The summed E-state index contributed by atoms with van der Waals surface area (Å²) in [6, 6.07) is 10.7. The van der Waals surface area contributed by atoms with Crippen molar-refractivity contribution in [3.63, 3.8) is 0 Å². The number of benzene rings is 2. The van der Waals surface area contributed by atoms with Crippen molar-refractivity contribution < 1.29 is 28.2 Å². The van der Waals surface area contributed by atoms with Crippen molar-refractivity contribution in [1.82, 2.24) is 15.5 Å². The Labute approximate surface area is 223 Å². The molecule has 1 fully saturated rings. The number of aliphatic hydroxyl groups is 1. The standard InChI is InChI=1S/C29H39F2N3O4/c1-5-38-28(37)34-11-9-29(10-12-34,23-8-6-7-22(16-23)19(2)3)32-18-27(36)26(33-20(4)35)15-21-13-24(30)17-25(31)14-21/h6-8,13-14,16-17,19,26-27,32,36H,5,9-12,15,18H2,1-4H3,(H,33,35)/t26-,27+/m0/s1. The molecule has 0 radical (unpaired) electrons. The maximum Gasteiger partial charge on any atom is 0.409 e. The molecule has 2 amide bonds. The molecule has 3 rings (SSSR count). The van der Waals surface area contributed by atoms with Crippen LogP contribution in [0.4, 0.5) is 13.6 Å². The van der Waals surface area contributed by atoms with Gasteiger partial charge in [-0.05, 0) is 60.9 Å². The molecule has 1 aliphatic rings. The summed E-state index contributed by atoms with van der Waals surface area (Å²) in [6.45, 7) is 8.74. The van der Waals surface area contributed by atoms with Gasteiger partial charge in [-0.2, -0.15) is 0 Å². The van der Waals surface area contributed by atoms with Crippen molar-refractivity contribution in [2.45, 2.75) is 70.6 Å². The predicted molar refractivity (Wildman–Crippen MR) is 142 cm³/mol. The Balaban J connectivity index is 1.82. The Bertz CT molecular complexity index is 1080. The molecule has 2 aromatic carbocycles. The van der Waals surface area contributed by atoms with Gasteiger partial charge in [0, 0.05) is 38.2 Å². The van der Waals surface area contributed by atoms with Crippen LogP contribution in [0.2, 0.25) is 0 Å². The molecule has 2 atom stereocenters. The fraction of sp³-hybridized carbons (Fsp3) is 0.517. The Morgan fingerprint density at radius 3 is 2.34 bits per heavy atom. The van der Waals surface area contributed by atoms with Crippen LogP contribution in [0, 0.1) is 11.6 Å². The Morgan fingerprint density at radius 2 is 1.76 bits per heavy atom. The summed E-state index contributed by atoms with van der Waals surface area (Å²) in [5.41, 5.74) is 2.05. The van der Waals surface area contributed by atoms with Gasteiger partial charge >= 0.3 is 6.09 Å². The molecule has 0 bridgehead atoms. The Hall–Kier alpha value is -3.04. The van der Waals surface area contributed by atoms with E-state index in [2.05, 4.69) is 36.6 Å². The molecular weight excluding hydrogens is 492 g/mol. The van der Waals surface area contributed by atoms with Crippen LogP contribution in [-0.4, -0.2) is 60.4 Å². The number of hydrogen-bond acceptors (Lipinski definition) is 5. The minimum Gasteiger partial charge on any atom is -0.450 e. The highest BCUT2D eigenvalue weighted by atomic mass is 19.1. The number of nitrogens with one attached hydrogen (secondary N) is 2. The van der Waals surface area contributed by atoms with Gasteiger partial charge in [0.05, 0.1) is 18.8 Å². The van der Waals surface area contributed by atoms with Crippen molar-refractivity contribution >= 4 is 12.0 Å². The van der Waals surface area contributed by atoms with Crippen LogP contribution in [0.1, 0.15) is 63.1 Å². The van der Waals surface area contributed by atoms with Crippen molar-refractivity contribution in [3.8, 4) is 0 Å². The lowest BCUT2D eigenvalue weighted by atomic mass is 9.79. The molecule has 1 heterocycles. The van der Waals surface area contributed by atoms with Crippen LogP contribution in [0.25, 0.3) is 0 Å². The third-order valence-electron chi connectivity index (χ3n) is 7.13. The number of carbonyl (C=O) groups excluding carboxylic acids is 2.